The molecule has 30 heavy (non-hydrogen) atoms. The molecule has 0 unspecified atom stereocenters. The third kappa shape index (κ3) is 3.12. The molecule has 0 aliphatic carbocycles. The zero-order valence-electron chi connectivity index (χ0n) is 16.2. The number of amides is 1. The molecular weight excluding hydrogens is 381 g/mol. The van der Waals surface area contributed by atoms with E-state index in [2.05, 4.69) is 28.6 Å². The maximum Gasteiger partial charge on any atom is 0.292 e. The van der Waals surface area contributed by atoms with Gasteiger partial charge in [-0.15, -0.1) is 0 Å². The number of rotatable bonds is 4. The summed E-state index contributed by atoms with van der Waals surface area (Å²) in [5.74, 6) is -0.0530. The Balaban J connectivity index is 1.44. The highest BCUT2D eigenvalue weighted by Crippen LogP contribution is 2.27. The summed E-state index contributed by atoms with van der Waals surface area (Å²) in [5.41, 5.74) is 2.17. The summed E-state index contributed by atoms with van der Waals surface area (Å²) in [7, 11) is 0. The first-order valence-corrected chi connectivity index (χ1v) is 9.58. The number of aryl methyl sites for hydroxylation is 1. The van der Waals surface area contributed by atoms with E-state index in [9.17, 15) is 9.18 Å². The number of aromatic nitrogens is 2. The number of furan rings is 1. The molecule has 0 fully saturated rings. The van der Waals surface area contributed by atoms with Crippen molar-refractivity contribution in [1.29, 1.82) is 0 Å². The van der Waals surface area contributed by atoms with Crippen molar-refractivity contribution in [3.8, 4) is 0 Å². The van der Waals surface area contributed by atoms with Crippen LogP contribution in [0.5, 0.6) is 0 Å². The van der Waals surface area contributed by atoms with Crippen molar-refractivity contribution in [2.45, 2.75) is 13.5 Å². The van der Waals surface area contributed by atoms with E-state index in [4.69, 9.17) is 4.42 Å². The number of carbonyl (C=O) groups excluding carboxylic acids is 1. The van der Waals surface area contributed by atoms with Gasteiger partial charge in [-0.05, 0) is 41.5 Å². The number of benzene rings is 3. The lowest BCUT2D eigenvalue weighted by Crippen LogP contribution is -2.16. The molecule has 5 aromatic rings. The number of fused-ring (bicyclic) bond motifs is 2. The Labute approximate surface area is 171 Å². The highest BCUT2D eigenvalue weighted by Gasteiger charge is 2.19. The summed E-state index contributed by atoms with van der Waals surface area (Å²) in [6.07, 6.45) is 1.64. The normalized spacial score (nSPS) is 11.3. The number of carbonyl (C=O) groups is 1. The fourth-order valence-corrected chi connectivity index (χ4v) is 3.74. The van der Waals surface area contributed by atoms with Gasteiger partial charge in [-0.25, -0.2) is 9.07 Å². The average molecular weight is 399 g/mol. The fourth-order valence-electron chi connectivity index (χ4n) is 3.74. The van der Waals surface area contributed by atoms with Gasteiger partial charge in [0.1, 0.15) is 17.2 Å². The Hall–Kier alpha value is -3.93. The largest absolute Gasteiger partial charge is 0.451 e. The third-order valence-corrected chi connectivity index (χ3v) is 5.26. The monoisotopic (exact) mass is 399 g/mol. The van der Waals surface area contributed by atoms with Crippen LogP contribution < -0.4 is 5.32 Å². The Bertz CT molecular complexity index is 1400. The number of hydrogen-bond acceptors (Lipinski definition) is 3. The molecule has 0 saturated heterocycles. The lowest BCUT2D eigenvalue weighted by Gasteiger charge is -2.11. The topological polar surface area (TPSA) is 60.1 Å². The number of anilines is 1. The van der Waals surface area contributed by atoms with Crippen molar-refractivity contribution in [2.24, 2.45) is 0 Å². The van der Waals surface area contributed by atoms with Crippen molar-refractivity contribution >= 4 is 33.5 Å². The van der Waals surface area contributed by atoms with Crippen molar-refractivity contribution in [3.63, 3.8) is 0 Å². The van der Waals surface area contributed by atoms with Crippen molar-refractivity contribution in [2.75, 3.05) is 5.32 Å². The van der Waals surface area contributed by atoms with Gasteiger partial charge in [-0.1, -0.05) is 42.5 Å². The molecule has 0 aliphatic rings. The van der Waals surface area contributed by atoms with Gasteiger partial charge in [0.2, 0.25) is 0 Å². The first-order chi connectivity index (χ1) is 14.6. The smallest absolute Gasteiger partial charge is 0.292 e. The summed E-state index contributed by atoms with van der Waals surface area (Å²) < 4.78 is 21.0. The Morgan fingerprint density at radius 2 is 1.90 bits per heavy atom. The van der Waals surface area contributed by atoms with Crippen molar-refractivity contribution < 1.29 is 13.6 Å². The SMILES string of the molecule is Cc1c(C(=O)Nc2ccnn2Cc2cccc3ccccc23)oc2ccc(F)cc12. The van der Waals surface area contributed by atoms with E-state index >= 15 is 0 Å². The molecule has 0 saturated carbocycles. The summed E-state index contributed by atoms with van der Waals surface area (Å²) in [6, 6.07) is 20.2. The predicted octanol–water partition coefficient (Wildman–Crippen LogP) is 5.53. The van der Waals surface area contributed by atoms with Gasteiger partial charge in [0, 0.05) is 17.0 Å². The minimum absolute atomic E-state index is 0.161. The molecule has 5 nitrogen and oxygen atoms in total. The second kappa shape index (κ2) is 7.15. The molecule has 0 aliphatic heterocycles. The lowest BCUT2D eigenvalue weighted by molar-refractivity contribution is 0.0997. The van der Waals surface area contributed by atoms with Gasteiger partial charge in [-0.3, -0.25) is 4.79 Å². The van der Waals surface area contributed by atoms with Crippen LogP contribution in [0.2, 0.25) is 0 Å². The Morgan fingerprint density at radius 3 is 2.80 bits per heavy atom. The highest BCUT2D eigenvalue weighted by atomic mass is 19.1. The van der Waals surface area contributed by atoms with Gasteiger partial charge in [-0.2, -0.15) is 5.10 Å². The van der Waals surface area contributed by atoms with Crippen molar-refractivity contribution in [1.82, 2.24) is 9.78 Å². The molecular formula is C24H18FN3O2. The molecule has 0 radical (unpaired) electrons. The number of halogens is 1. The van der Waals surface area contributed by atoms with Crippen LogP contribution in [0.25, 0.3) is 21.7 Å². The highest BCUT2D eigenvalue weighted by molar-refractivity contribution is 6.06. The van der Waals surface area contributed by atoms with Crippen LogP contribution in [0.4, 0.5) is 10.2 Å². The van der Waals surface area contributed by atoms with Crippen molar-refractivity contribution in [3.05, 3.63) is 95.6 Å². The van der Waals surface area contributed by atoms with E-state index in [0.717, 1.165) is 16.3 Å². The molecule has 0 bridgehead atoms. The molecule has 1 N–H and O–H groups in total. The number of nitrogens with zero attached hydrogens (tertiary/aromatic N) is 2. The maximum atomic E-state index is 13.5. The fraction of sp³-hybridized carbons (Fsp3) is 0.0833. The Morgan fingerprint density at radius 1 is 1.07 bits per heavy atom. The molecule has 6 heteroatoms. The van der Waals surface area contributed by atoms with Gasteiger partial charge in [0.05, 0.1) is 12.7 Å². The van der Waals surface area contributed by atoms with E-state index in [1.165, 1.54) is 18.2 Å². The van der Waals surface area contributed by atoms with Gasteiger partial charge in [0.15, 0.2) is 5.76 Å². The minimum Gasteiger partial charge on any atom is -0.451 e. The first kappa shape index (κ1) is 18.1. The van der Waals surface area contributed by atoms with E-state index in [0.29, 0.717) is 28.9 Å². The van der Waals surface area contributed by atoms with Crippen LogP contribution in [0.1, 0.15) is 21.7 Å². The van der Waals surface area contributed by atoms with Crippen LogP contribution in [-0.4, -0.2) is 15.7 Å². The van der Waals surface area contributed by atoms with E-state index < -0.39 is 5.91 Å². The zero-order chi connectivity index (χ0) is 20.7. The molecule has 0 spiro atoms. The maximum absolute atomic E-state index is 13.5. The summed E-state index contributed by atoms with van der Waals surface area (Å²) >= 11 is 0. The van der Waals surface area contributed by atoms with E-state index in [1.807, 2.05) is 24.3 Å². The summed E-state index contributed by atoms with van der Waals surface area (Å²) in [6.45, 7) is 2.25. The Kier molecular flexibility index (Phi) is 4.32. The van der Waals surface area contributed by atoms with Gasteiger partial charge in [0.25, 0.3) is 5.91 Å². The van der Waals surface area contributed by atoms with Crippen LogP contribution in [0.3, 0.4) is 0 Å². The average Bonchev–Trinajstić information content (AvgIpc) is 3.32. The van der Waals surface area contributed by atoms with Crippen LogP contribution in [0, 0.1) is 12.7 Å². The second-order valence-corrected chi connectivity index (χ2v) is 7.16. The third-order valence-electron chi connectivity index (χ3n) is 5.26. The zero-order valence-corrected chi connectivity index (χ0v) is 16.2. The van der Waals surface area contributed by atoms with Crippen LogP contribution in [-0.2, 0) is 6.54 Å². The first-order valence-electron chi connectivity index (χ1n) is 9.58. The molecule has 1 amide bonds. The summed E-state index contributed by atoms with van der Waals surface area (Å²) in [5, 5.41) is 10.1. The lowest BCUT2D eigenvalue weighted by atomic mass is 10.0. The molecule has 2 heterocycles. The van der Waals surface area contributed by atoms with Gasteiger partial charge >= 0.3 is 0 Å². The molecule has 5 rings (SSSR count). The van der Waals surface area contributed by atoms with E-state index in [-0.39, 0.29) is 11.6 Å². The minimum atomic E-state index is -0.399. The van der Waals surface area contributed by atoms with Crippen LogP contribution in [0.15, 0.2) is 77.3 Å². The van der Waals surface area contributed by atoms with Gasteiger partial charge < -0.3 is 9.73 Å². The molecule has 0 atom stereocenters. The second-order valence-electron chi connectivity index (χ2n) is 7.16. The molecule has 2 aromatic heterocycles. The quantitative estimate of drug-likeness (QED) is 0.432. The van der Waals surface area contributed by atoms with Crippen LogP contribution >= 0.6 is 0 Å². The van der Waals surface area contributed by atoms with E-state index in [1.54, 1.807) is 23.9 Å². The number of nitrogens with one attached hydrogen (secondary N) is 1. The predicted molar refractivity (Wildman–Crippen MR) is 114 cm³/mol. The number of hydrogen-bond donors (Lipinski definition) is 1. The molecule has 3 aromatic carbocycles. The summed E-state index contributed by atoms with van der Waals surface area (Å²) in [4.78, 5) is 12.9. The molecule has 148 valence electrons. The standard InChI is InChI=1S/C24H18FN3O2/c1-15-20-13-18(25)9-10-21(20)30-23(15)24(29)27-22-11-12-26-28(22)14-17-7-4-6-16-5-2-3-8-19(16)17/h2-13H,14H2,1H3,(H,27,29).